The van der Waals surface area contributed by atoms with E-state index in [1.54, 1.807) is 7.11 Å². The first kappa shape index (κ1) is 19.9. The number of nitrogens with two attached hydrogens (primary N) is 1. The molecule has 0 aromatic heterocycles. The van der Waals surface area contributed by atoms with Crippen LogP contribution in [0.4, 0.5) is 0 Å². The number of nitrogens with one attached hydrogen (secondary N) is 1. The summed E-state index contributed by atoms with van der Waals surface area (Å²) in [6, 6.07) is 0.102. The molecular weight excluding hydrogens is 395 g/mol. The number of methoxy groups -OCH3 is 1. The average molecular weight is 420 g/mol. The predicted octanol–water partition coefficient (Wildman–Crippen LogP) is -0.175. The number of guanidine groups is 1. The number of sulfonamides is 1. The first-order valence-electron chi connectivity index (χ1n) is 6.33. The van der Waals surface area contributed by atoms with Crippen LogP contribution in [0.15, 0.2) is 4.99 Å². The standard InChI is InChI=1S/C11H24N4O3S.HI/c1-9(8-18-2)14-11(12)13-6-10-4-5-15(7-10)19(3,16)17;/h9-10H,4-8H2,1-3H3,(H3,12,13,14);1H. The van der Waals surface area contributed by atoms with Gasteiger partial charge in [0, 0.05) is 32.8 Å². The molecule has 0 saturated carbocycles. The zero-order valence-corrected chi connectivity index (χ0v) is 15.4. The van der Waals surface area contributed by atoms with Crippen molar-refractivity contribution in [2.75, 3.05) is 39.6 Å². The summed E-state index contributed by atoms with van der Waals surface area (Å²) in [5.41, 5.74) is 5.75. The van der Waals surface area contributed by atoms with Gasteiger partial charge in [-0.25, -0.2) is 12.7 Å². The number of aliphatic imine (C=N–C) groups is 1. The van der Waals surface area contributed by atoms with Crippen molar-refractivity contribution in [1.82, 2.24) is 9.62 Å². The molecular formula is C11H25IN4O3S. The molecule has 0 aliphatic carbocycles. The van der Waals surface area contributed by atoms with Crippen molar-refractivity contribution in [3.63, 3.8) is 0 Å². The second-order valence-corrected chi connectivity index (χ2v) is 6.98. The van der Waals surface area contributed by atoms with E-state index in [4.69, 9.17) is 10.5 Å². The van der Waals surface area contributed by atoms with Crippen molar-refractivity contribution >= 4 is 40.0 Å². The molecule has 2 atom stereocenters. The summed E-state index contributed by atoms with van der Waals surface area (Å²) in [6.07, 6.45) is 2.07. The van der Waals surface area contributed by atoms with Gasteiger partial charge < -0.3 is 15.8 Å². The number of hydrogen-bond acceptors (Lipinski definition) is 4. The fraction of sp³-hybridized carbons (Fsp3) is 0.909. The number of hydrogen-bond donors (Lipinski definition) is 2. The Kier molecular flexibility index (Phi) is 8.95. The highest BCUT2D eigenvalue weighted by molar-refractivity contribution is 14.0. The van der Waals surface area contributed by atoms with Gasteiger partial charge in [-0.15, -0.1) is 24.0 Å². The van der Waals surface area contributed by atoms with Gasteiger partial charge in [-0.3, -0.25) is 4.99 Å². The van der Waals surface area contributed by atoms with Crippen LogP contribution in [0.25, 0.3) is 0 Å². The number of rotatable bonds is 6. The van der Waals surface area contributed by atoms with Gasteiger partial charge in [0.25, 0.3) is 0 Å². The van der Waals surface area contributed by atoms with E-state index in [1.807, 2.05) is 6.92 Å². The summed E-state index contributed by atoms with van der Waals surface area (Å²) in [6.45, 7) is 4.16. The second-order valence-electron chi connectivity index (χ2n) is 5.00. The molecule has 0 radical (unpaired) electrons. The smallest absolute Gasteiger partial charge is 0.211 e. The van der Waals surface area contributed by atoms with Gasteiger partial charge in [0.2, 0.25) is 10.0 Å². The third kappa shape index (κ3) is 7.04. The van der Waals surface area contributed by atoms with Crippen LogP contribution in [0.5, 0.6) is 0 Å². The number of halogens is 1. The molecule has 1 rings (SSSR count). The molecule has 1 heterocycles. The van der Waals surface area contributed by atoms with Crippen LogP contribution in [0.1, 0.15) is 13.3 Å². The molecule has 20 heavy (non-hydrogen) atoms. The summed E-state index contributed by atoms with van der Waals surface area (Å²) in [5, 5.41) is 3.02. The molecule has 0 aromatic carbocycles. The van der Waals surface area contributed by atoms with E-state index in [0.29, 0.717) is 32.2 Å². The van der Waals surface area contributed by atoms with Gasteiger partial charge >= 0.3 is 0 Å². The van der Waals surface area contributed by atoms with Gasteiger partial charge in [0.15, 0.2) is 5.96 Å². The lowest BCUT2D eigenvalue weighted by atomic mass is 10.1. The molecule has 120 valence electrons. The number of nitrogens with zero attached hydrogens (tertiary/aromatic N) is 2. The molecule has 0 spiro atoms. The van der Waals surface area contributed by atoms with Crippen LogP contribution in [0.3, 0.4) is 0 Å². The molecule has 0 bridgehead atoms. The van der Waals surface area contributed by atoms with Crippen molar-refractivity contribution in [1.29, 1.82) is 0 Å². The van der Waals surface area contributed by atoms with Gasteiger partial charge in [-0.1, -0.05) is 0 Å². The van der Waals surface area contributed by atoms with Crippen LogP contribution in [-0.4, -0.2) is 64.3 Å². The summed E-state index contributed by atoms with van der Waals surface area (Å²) >= 11 is 0. The van der Waals surface area contributed by atoms with Gasteiger partial charge in [-0.2, -0.15) is 0 Å². The van der Waals surface area contributed by atoms with E-state index in [-0.39, 0.29) is 35.9 Å². The highest BCUT2D eigenvalue weighted by Gasteiger charge is 2.28. The minimum absolute atomic E-state index is 0. The van der Waals surface area contributed by atoms with E-state index in [1.165, 1.54) is 10.6 Å². The van der Waals surface area contributed by atoms with Gasteiger partial charge in [0.05, 0.1) is 12.9 Å². The Labute approximate surface area is 138 Å². The zero-order chi connectivity index (χ0) is 14.5. The molecule has 9 heteroatoms. The van der Waals surface area contributed by atoms with Gasteiger partial charge in [0.1, 0.15) is 0 Å². The highest BCUT2D eigenvalue weighted by Crippen LogP contribution is 2.18. The lowest BCUT2D eigenvalue weighted by molar-refractivity contribution is 0.179. The third-order valence-corrected chi connectivity index (χ3v) is 4.32. The van der Waals surface area contributed by atoms with Crippen LogP contribution in [0.2, 0.25) is 0 Å². The van der Waals surface area contributed by atoms with Crippen LogP contribution < -0.4 is 11.1 Å². The van der Waals surface area contributed by atoms with E-state index >= 15 is 0 Å². The molecule has 1 aliphatic rings. The maximum absolute atomic E-state index is 11.4. The third-order valence-electron chi connectivity index (χ3n) is 3.05. The van der Waals surface area contributed by atoms with Crippen LogP contribution in [0, 0.1) is 5.92 Å². The van der Waals surface area contributed by atoms with Gasteiger partial charge in [-0.05, 0) is 19.3 Å². The van der Waals surface area contributed by atoms with E-state index in [0.717, 1.165) is 6.42 Å². The minimum atomic E-state index is -3.08. The monoisotopic (exact) mass is 420 g/mol. The van der Waals surface area contributed by atoms with Crippen molar-refractivity contribution in [2.45, 2.75) is 19.4 Å². The second kappa shape index (κ2) is 9.00. The first-order valence-corrected chi connectivity index (χ1v) is 8.18. The maximum Gasteiger partial charge on any atom is 0.211 e. The summed E-state index contributed by atoms with van der Waals surface area (Å²) in [7, 11) is -1.45. The Hall–Kier alpha value is -0.130. The average Bonchev–Trinajstić information content (AvgIpc) is 2.74. The quantitative estimate of drug-likeness (QED) is 0.353. The van der Waals surface area contributed by atoms with E-state index < -0.39 is 10.0 Å². The molecule has 2 unspecified atom stereocenters. The summed E-state index contributed by atoms with van der Waals surface area (Å²) < 4.78 is 29.2. The van der Waals surface area contributed by atoms with Crippen LogP contribution >= 0.6 is 24.0 Å². The van der Waals surface area contributed by atoms with E-state index in [2.05, 4.69) is 10.3 Å². The normalized spacial score (nSPS) is 22.4. The Morgan fingerprint density at radius 3 is 2.75 bits per heavy atom. The molecule has 0 aromatic rings. The lowest BCUT2D eigenvalue weighted by Gasteiger charge is -2.14. The molecule has 0 amide bonds. The van der Waals surface area contributed by atoms with Crippen LogP contribution in [-0.2, 0) is 14.8 Å². The Morgan fingerprint density at radius 2 is 2.25 bits per heavy atom. The molecule has 7 nitrogen and oxygen atoms in total. The summed E-state index contributed by atoms with van der Waals surface area (Å²) in [5.74, 6) is 0.621. The van der Waals surface area contributed by atoms with Crippen molar-refractivity contribution < 1.29 is 13.2 Å². The molecule has 1 fully saturated rings. The fourth-order valence-corrected chi connectivity index (χ4v) is 2.98. The largest absolute Gasteiger partial charge is 0.383 e. The Balaban J connectivity index is 0.00000361. The Morgan fingerprint density at radius 1 is 1.60 bits per heavy atom. The predicted molar refractivity (Wildman–Crippen MR) is 90.9 cm³/mol. The SMILES string of the molecule is COCC(C)NC(N)=NCC1CCN(S(C)(=O)=O)C1.I. The molecule has 1 saturated heterocycles. The number of ether oxygens (including phenoxy) is 1. The summed E-state index contributed by atoms with van der Waals surface area (Å²) in [4.78, 5) is 4.25. The van der Waals surface area contributed by atoms with Crippen molar-refractivity contribution in [2.24, 2.45) is 16.6 Å². The van der Waals surface area contributed by atoms with E-state index in [9.17, 15) is 8.42 Å². The topological polar surface area (TPSA) is 97.0 Å². The van der Waals surface area contributed by atoms with Crippen molar-refractivity contribution in [3.8, 4) is 0 Å². The first-order chi connectivity index (χ1) is 8.82. The maximum atomic E-state index is 11.4. The zero-order valence-electron chi connectivity index (χ0n) is 12.2. The molecule has 1 aliphatic heterocycles. The van der Waals surface area contributed by atoms with Crippen molar-refractivity contribution in [3.05, 3.63) is 0 Å². The molecule has 3 N–H and O–H groups in total. The highest BCUT2D eigenvalue weighted by atomic mass is 127. The lowest BCUT2D eigenvalue weighted by Crippen LogP contribution is -2.41. The Bertz CT molecular complexity index is 416. The fourth-order valence-electron chi connectivity index (χ4n) is 2.06. The minimum Gasteiger partial charge on any atom is -0.383 e.